The molecular weight excluding hydrogens is 230 g/mol. The van der Waals surface area contributed by atoms with Crippen molar-refractivity contribution in [1.29, 1.82) is 5.26 Å². The standard InChI is InChI=1S/C13H17N3O2/c1-10(17)11-5-3-6-12(9-11)15-13(18)16(2)8-4-7-14/h3,5-6,9-10,17H,4,8H2,1-2H3,(H,15,18). The molecule has 0 radical (unpaired) electrons. The van der Waals surface area contributed by atoms with Gasteiger partial charge in [0.1, 0.15) is 0 Å². The predicted octanol–water partition coefficient (Wildman–Crippen LogP) is 2.12. The van der Waals surface area contributed by atoms with E-state index in [1.807, 2.05) is 6.07 Å². The Morgan fingerprint density at radius 1 is 1.61 bits per heavy atom. The number of anilines is 1. The van der Waals surface area contributed by atoms with Crippen LogP contribution in [0.25, 0.3) is 0 Å². The summed E-state index contributed by atoms with van der Waals surface area (Å²) in [5, 5.41) is 20.6. The van der Waals surface area contributed by atoms with Gasteiger partial charge < -0.3 is 15.3 Å². The molecule has 96 valence electrons. The fourth-order valence-corrected chi connectivity index (χ4v) is 1.41. The molecule has 1 unspecified atom stereocenters. The lowest BCUT2D eigenvalue weighted by Gasteiger charge is -2.17. The molecule has 0 spiro atoms. The molecule has 5 heteroatoms. The monoisotopic (exact) mass is 247 g/mol. The van der Waals surface area contributed by atoms with Crippen molar-refractivity contribution in [3.8, 4) is 6.07 Å². The van der Waals surface area contributed by atoms with Crippen LogP contribution in [0, 0.1) is 11.3 Å². The third-order valence-corrected chi connectivity index (χ3v) is 2.53. The number of carbonyl (C=O) groups is 1. The van der Waals surface area contributed by atoms with Crippen molar-refractivity contribution in [1.82, 2.24) is 4.90 Å². The molecule has 1 rings (SSSR count). The summed E-state index contributed by atoms with van der Waals surface area (Å²) in [4.78, 5) is 13.2. The number of hydrogen-bond acceptors (Lipinski definition) is 3. The second-order valence-corrected chi connectivity index (χ2v) is 4.06. The van der Waals surface area contributed by atoms with Crippen LogP contribution in [0.15, 0.2) is 24.3 Å². The van der Waals surface area contributed by atoms with Gasteiger partial charge in [-0.3, -0.25) is 0 Å². The van der Waals surface area contributed by atoms with E-state index in [9.17, 15) is 9.90 Å². The van der Waals surface area contributed by atoms with Gasteiger partial charge in [-0.05, 0) is 24.6 Å². The molecule has 5 nitrogen and oxygen atoms in total. The van der Waals surface area contributed by atoms with Gasteiger partial charge in [0.25, 0.3) is 0 Å². The van der Waals surface area contributed by atoms with Crippen LogP contribution in [0.1, 0.15) is 25.0 Å². The minimum Gasteiger partial charge on any atom is -0.389 e. The van der Waals surface area contributed by atoms with Crippen LogP contribution in [0.5, 0.6) is 0 Å². The van der Waals surface area contributed by atoms with Crippen molar-refractivity contribution in [3.05, 3.63) is 29.8 Å². The number of nitrogens with one attached hydrogen (secondary N) is 1. The fourth-order valence-electron chi connectivity index (χ4n) is 1.41. The molecule has 0 fully saturated rings. The Kier molecular flexibility index (Phi) is 5.15. The molecule has 0 bridgehead atoms. The summed E-state index contributed by atoms with van der Waals surface area (Å²) in [5.74, 6) is 0. The minimum absolute atomic E-state index is 0.270. The first-order chi connectivity index (χ1) is 8.54. The Morgan fingerprint density at radius 3 is 2.94 bits per heavy atom. The Hall–Kier alpha value is -2.06. The quantitative estimate of drug-likeness (QED) is 0.855. The van der Waals surface area contributed by atoms with Crippen molar-refractivity contribution >= 4 is 11.7 Å². The van der Waals surface area contributed by atoms with E-state index in [1.165, 1.54) is 4.90 Å². The molecule has 0 aliphatic rings. The maximum Gasteiger partial charge on any atom is 0.321 e. The number of nitrogens with zero attached hydrogens (tertiary/aromatic N) is 2. The number of urea groups is 1. The number of aliphatic hydroxyl groups is 1. The average molecular weight is 247 g/mol. The summed E-state index contributed by atoms with van der Waals surface area (Å²) >= 11 is 0. The summed E-state index contributed by atoms with van der Waals surface area (Å²) in [6, 6.07) is 8.75. The van der Waals surface area contributed by atoms with Crippen LogP contribution < -0.4 is 5.32 Å². The molecular formula is C13H17N3O2. The molecule has 0 saturated carbocycles. The first-order valence-electron chi connectivity index (χ1n) is 5.71. The lowest BCUT2D eigenvalue weighted by Crippen LogP contribution is -2.32. The van der Waals surface area contributed by atoms with Crippen LogP contribution >= 0.6 is 0 Å². The first kappa shape index (κ1) is 14.0. The molecule has 0 saturated heterocycles. The lowest BCUT2D eigenvalue weighted by molar-refractivity contribution is 0.199. The number of amides is 2. The molecule has 0 aliphatic heterocycles. The van der Waals surface area contributed by atoms with Crippen LogP contribution in [-0.4, -0.2) is 29.6 Å². The first-order valence-corrected chi connectivity index (χ1v) is 5.71. The van der Waals surface area contributed by atoms with Gasteiger partial charge in [0, 0.05) is 19.3 Å². The van der Waals surface area contributed by atoms with Gasteiger partial charge in [-0.25, -0.2) is 4.79 Å². The second-order valence-electron chi connectivity index (χ2n) is 4.06. The summed E-state index contributed by atoms with van der Waals surface area (Å²) in [6.45, 7) is 2.05. The third-order valence-electron chi connectivity index (χ3n) is 2.53. The number of carbonyl (C=O) groups excluding carboxylic acids is 1. The molecule has 1 aromatic carbocycles. The third kappa shape index (κ3) is 4.07. The van der Waals surface area contributed by atoms with E-state index in [-0.39, 0.29) is 6.03 Å². The molecule has 2 amide bonds. The summed E-state index contributed by atoms with van der Waals surface area (Å²) in [7, 11) is 1.63. The average Bonchev–Trinajstić information content (AvgIpc) is 2.36. The van der Waals surface area contributed by atoms with Crippen molar-refractivity contribution < 1.29 is 9.90 Å². The van der Waals surface area contributed by atoms with Crippen molar-refractivity contribution in [3.63, 3.8) is 0 Å². The summed E-state index contributed by atoms with van der Waals surface area (Å²) in [5.41, 5.74) is 1.37. The molecule has 0 heterocycles. The Morgan fingerprint density at radius 2 is 2.33 bits per heavy atom. The predicted molar refractivity (Wildman–Crippen MR) is 69.0 cm³/mol. The van der Waals surface area contributed by atoms with Crippen LogP contribution in [0.3, 0.4) is 0 Å². The van der Waals surface area contributed by atoms with Crippen LogP contribution in [0.4, 0.5) is 10.5 Å². The number of hydrogen-bond donors (Lipinski definition) is 2. The van der Waals surface area contributed by atoms with Gasteiger partial charge in [-0.1, -0.05) is 12.1 Å². The number of aliphatic hydroxyl groups excluding tert-OH is 1. The zero-order valence-electron chi connectivity index (χ0n) is 10.6. The minimum atomic E-state index is -0.571. The van der Waals surface area contributed by atoms with E-state index in [1.54, 1.807) is 38.2 Å². The molecule has 1 atom stereocenters. The number of benzene rings is 1. The molecule has 0 aliphatic carbocycles. The lowest BCUT2D eigenvalue weighted by atomic mass is 10.1. The van der Waals surface area contributed by atoms with E-state index in [2.05, 4.69) is 5.32 Å². The molecule has 1 aromatic rings. The molecule has 18 heavy (non-hydrogen) atoms. The summed E-state index contributed by atoms with van der Waals surface area (Å²) < 4.78 is 0. The highest BCUT2D eigenvalue weighted by Crippen LogP contribution is 2.17. The van der Waals surface area contributed by atoms with Crippen LogP contribution in [0.2, 0.25) is 0 Å². The van der Waals surface area contributed by atoms with E-state index in [0.29, 0.717) is 18.7 Å². The van der Waals surface area contributed by atoms with E-state index in [4.69, 9.17) is 5.26 Å². The van der Waals surface area contributed by atoms with E-state index < -0.39 is 6.10 Å². The Bertz CT molecular complexity index is 452. The zero-order valence-corrected chi connectivity index (χ0v) is 10.6. The topological polar surface area (TPSA) is 76.4 Å². The maximum atomic E-state index is 11.7. The molecule has 0 aromatic heterocycles. The highest BCUT2D eigenvalue weighted by atomic mass is 16.3. The van der Waals surface area contributed by atoms with Crippen molar-refractivity contribution in [2.75, 3.05) is 18.9 Å². The Balaban J connectivity index is 2.64. The van der Waals surface area contributed by atoms with Gasteiger partial charge in [0.2, 0.25) is 0 Å². The fraction of sp³-hybridized carbons (Fsp3) is 0.385. The van der Waals surface area contributed by atoms with Crippen molar-refractivity contribution in [2.24, 2.45) is 0 Å². The van der Waals surface area contributed by atoms with Gasteiger partial charge in [0.15, 0.2) is 0 Å². The SMILES string of the molecule is CC(O)c1cccc(NC(=O)N(C)CCC#N)c1. The normalized spacial score (nSPS) is 11.4. The maximum absolute atomic E-state index is 11.7. The van der Waals surface area contributed by atoms with E-state index >= 15 is 0 Å². The Labute approximate surface area is 107 Å². The van der Waals surface area contributed by atoms with Gasteiger partial charge >= 0.3 is 6.03 Å². The van der Waals surface area contributed by atoms with E-state index in [0.717, 1.165) is 5.56 Å². The van der Waals surface area contributed by atoms with Gasteiger partial charge in [-0.15, -0.1) is 0 Å². The van der Waals surface area contributed by atoms with Gasteiger partial charge in [0.05, 0.1) is 18.6 Å². The highest BCUT2D eigenvalue weighted by Gasteiger charge is 2.09. The second kappa shape index (κ2) is 6.62. The number of nitriles is 1. The van der Waals surface area contributed by atoms with Crippen LogP contribution in [-0.2, 0) is 0 Å². The van der Waals surface area contributed by atoms with Gasteiger partial charge in [-0.2, -0.15) is 5.26 Å². The largest absolute Gasteiger partial charge is 0.389 e. The highest BCUT2D eigenvalue weighted by molar-refractivity contribution is 5.89. The smallest absolute Gasteiger partial charge is 0.321 e. The number of rotatable bonds is 4. The molecule has 2 N–H and O–H groups in total. The van der Waals surface area contributed by atoms with Crippen molar-refractivity contribution in [2.45, 2.75) is 19.4 Å². The summed E-state index contributed by atoms with van der Waals surface area (Å²) in [6.07, 6.45) is -0.268. The zero-order chi connectivity index (χ0) is 13.5.